The molecule has 1 aliphatic heterocycles. The fourth-order valence-electron chi connectivity index (χ4n) is 4.06. The first-order valence-corrected chi connectivity index (χ1v) is 10.8. The highest BCUT2D eigenvalue weighted by atomic mass is 32.1. The van der Waals surface area contributed by atoms with E-state index in [1.54, 1.807) is 0 Å². The highest BCUT2D eigenvalue weighted by Crippen LogP contribution is 2.28. The largest absolute Gasteiger partial charge is 0.308 e. The molecule has 0 bridgehead atoms. The summed E-state index contributed by atoms with van der Waals surface area (Å²) < 4.78 is 6.02. The lowest BCUT2D eigenvalue weighted by Gasteiger charge is -2.19. The van der Waals surface area contributed by atoms with E-state index in [-0.39, 0.29) is 0 Å². The summed E-state index contributed by atoms with van der Waals surface area (Å²) in [6.07, 6.45) is 2.38. The molecule has 5 nitrogen and oxygen atoms in total. The molecule has 1 aliphatic rings. The first kappa shape index (κ1) is 17.7. The van der Waals surface area contributed by atoms with Crippen LogP contribution in [0.25, 0.3) is 21.6 Å². The molecule has 142 valence electrons. The van der Waals surface area contributed by atoms with Gasteiger partial charge in [-0.3, -0.25) is 0 Å². The Morgan fingerprint density at radius 1 is 1.14 bits per heavy atom. The predicted molar refractivity (Wildman–Crippen MR) is 115 cm³/mol. The maximum Gasteiger partial charge on any atom is 0.202 e. The van der Waals surface area contributed by atoms with Crippen LogP contribution in [0.15, 0.2) is 54.6 Å². The van der Waals surface area contributed by atoms with Crippen LogP contribution in [-0.4, -0.2) is 25.9 Å². The molecule has 5 rings (SSSR count). The molecule has 0 spiro atoms. The van der Waals surface area contributed by atoms with Crippen LogP contribution in [0, 0.1) is 4.77 Å². The molecule has 1 unspecified atom stereocenters. The van der Waals surface area contributed by atoms with Crippen LogP contribution in [0.4, 0.5) is 0 Å². The van der Waals surface area contributed by atoms with E-state index in [1.165, 1.54) is 27.4 Å². The number of hydrogen-bond acceptors (Lipinski definition) is 4. The molecule has 0 saturated carbocycles. The van der Waals surface area contributed by atoms with E-state index in [4.69, 9.17) is 22.3 Å². The topological polar surface area (TPSA) is 40.1 Å². The second-order valence-electron chi connectivity index (χ2n) is 7.31. The molecule has 2 aromatic carbocycles. The average Bonchev–Trinajstić information content (AvgIpc) is 3.42. The van der Waals surface area contributed by atoms with Crippen molar-refractivity contribution in [2.24, 2.45) is 7.05 Å². The molecule has 2 aromatic heterocycles. The van der Waals surface area contributed by atoms with Crippen molar-refractivity contribution in [1.29, 1.82) is 0 Å². The molecule has 3 heterocycles. The van der Waals surface area contributed by atoms with E-state index in [1.807, 2.05) is 45.8 Å². The van der Waals surface area contributed by atoms with Gasteiger partial charge in [0.1, 0.15) is 6.04 Å². The van der Waals surface area contributed by atoms with Crippen LogP contribution < -0.4 is 4.90 Å². The van der Waals surface area contributed by atoms with Crippen LogP contribution >= 0.6 is 23.6 Å². The summed E-state index contributed by atoms with van der Waals surface area (Å²) in [6.45, 7) is 1.90. The van der Waals surface area contributed by atoms with Gasteiger partial charge in [-0.05, 0) is 24.4 Å². The molecule has 28 heavy (non-hydrogen) atoms. The second kappa shape index (κ2) is 7.24. The summed E-state index contributed by atoms with van der Waals surface area (Å²) in [5.41, 5.74) is 2.20. The Bertz CT molecular complexity index is 1140. The molecule has 2 atom stereocenters. The number of likely N-dealkylation sites (tertiary alicyclic amines) is 1. The Balaban J connectivity index is 1.45. The van der Waals surface area contributed by atoms with E-state index in [9.17, 15) is 0 Å². The number of aromatic nitrogens is 4. The monoisotopic (exact) mass is 408 g/mol. The number of fused-ring (bicyclic) bond motifs is 1. The summed E-state index contributed by atoms with van der Waals surface area (Å²) in [5.74, 6) is 0.917. The lowest BCUT2D eigenvalue weighted by molar-refractivity contribution is -0.941. The maximum atomic E-state index is 5.69. The normalized spacial score (nSPS) is 19.5. The van der Waals surface area contributed by atoms with Crippen molar-refractivity contribution < 1.29 is 4.90 Å². The van der Waals surface area contributed by atoms with Crippen molar-refractivity contribution in [3.8, 4) is 11.4 Å². The zero-order valence-electron chi connectivity index (χ0n) is 15.7. The van der Waals surface area contributed by atoms with Gasteiger partial charge in [-0.1, -0.05) is 42.5 Å². The number of thiazole rings is 1. The first-order valence-electron chi connectivity index (χ1n) is 9.60. The fraction of sp³-hybridized carbons (Fsp3) is 0.286. The van der Waals surface area contributed by atoms with Gasteiger partial charge in [0.15, 0.2) is 17.5 Å². The van der Waals surface area contributed by atoms with Crippen LogP contribution in [-0.2, 0) is 13.7 Å². The Morgan fingerprint density at radius 3 is 2.75 bits per heavy atom. The van der Waals surface area contributed by atoms with Crippen molar-refractivity contribution in [3.63, 3.8) is 0 Å². The van der Waals surface area contributed by atoms with Gasteiger partial charge < -0.3 is 9.47 Å². The third-order valence-corrected chi connectivity index (χ3v) is 7.15. The van der Waals surface area contributed by atoms with Gasteiger partial charge in [-0.2, -0.15) is 4.68 Å². The van der Waals surface area contributed by atoms with E-state index in [0.29, 0.717) is 6.04 Å². The van der Waals surface area contributed by atoms with Crippen LogP contribution in [0.3, 0.4) is 0 Å². The average molecular weight is 409 g/mol. The Morgan fingerprint density at radius 2 is 1.93 bits per heavy atom. The van der Waals surface area contributed by atoms with Crippen molar-refractivity contribution in [2.45, 2.75) is 25.6 Å². The Kier molecular flexibility index (Phi) is 4.58. The third-order valence-electron chi connectivity index (χ3n) is 5.52. The van der Waals surface area contributed by atoms with Crippen LogP contribution in [0.1, 0.15) is 23.9 Å². The number of nitrogens with one attached hydrogen (secondary N) is 1. The molecule has 1 fully saturated rings. The summed E-state index contributed by atoms with van der Waals surface area (Å²) in [6, 6.07) is 19.1. The molecule has 1 saturated heterocycles. The molecular formula is C21H22N5S2+. The van der Waals surface area contributed by atoms with Gasteiger partial charge in [0, 0.05) is 25.5 Å². The number of para-hydroxylation sites is 1. The zero-order valence-corrected chi connectivity index (χ0v) is 17.3. The number of nitrogens with zero attached hydrogens (tertiary/aromatic N) is 4. The van der Waals surface area contributed by atoms with Crippen molar-refractivity contribution in [3.05, 3.63) is 64.4 Å². The Labute approximate surface area is 172 Å². The van der Waals surface area contributed by atoms with E-state index < -0.39 is 0 Å². The molecule has 4 aromatic rings. The SMILES string of the molecule is Cn1c(-c2ccccc2)nn(C[NH+]2CCC[C@H]2c2nc3ccccc3s2)c1=S. The number of rotatable bonds is 4. The van der Waals surface area contributed by atoms with Crippen molar-refractivity contribution in [2.75, 3.05) is 6.54 Å². The second-order valence-corrected chi connectivity index (χ2v) is 8.74. The number of hydrogen-bond donors (Lipinski definition) is 1. The van der Waals surface area contributed by atoms with E-state index in [0.717, 1.165) is 34.9 Å². The summed E-state index contributed by atoms with van der Waals surface area (Å²) in [4.78, 5) is 6.41. The fourth-order valence-corrected chi connectivity index (χ4v) is 5.41. The molecule has 0 aliphatic carbocycles. The van der Waals surface area contributed by atoms with Gasteiger partial charge >= 0.3 is 0 Å². The number of benzene rings is 2. The van der Waals surface area contributed by atoms with Gasteiger partial charge in [0.25, 0.3) is 0 Å². The summed E-state index contributed by atoms with van der Waals surface area (Å²) in [5, 5.41) is 6.09. The minimum atomic E-state index is 0.418. The van der Waals surface area contributed by atoms with Crippen molar-refractivity contribution in [1.82, 2.24) is 19.3 Å². The van der Waals surface area contributed by atoms with E-state index >= 15 is 0 Å². The van der Waals surface area contributed by atoms with E-state index in [2.05, 4.69) is 36.4 Å². The summed E-state index contributed by atoms with van der Waals surface area (Å²) >= 11 is 7.52. The molecule has 7 heteroatoms. The van der Waals surface area contributed by atoms with Gasteiger partial charge in [0.2, 0.25) is 4.77 Å². The quantitative estimate of drug-likeness (QED) is 0.525. The van der Waals surface area contributed by atoms with Gasteiger partial charge in [-0.15, -0.1) is 16.4 Å². The van der Waals surface area contributed by atoms with Gasteiger partial charge in [-0.25, -0.2) is 4.98 Å². The molecular weight excluding hydrogens is 386 g/mol. The predicted octanol–water partition coefficient (Wildman–Crippen LogP) is 3.61. The zero-order chi connectivity index (χ0) is 19.1. The van der Waals surface area contributed by atoms with Crippen molar-refractivity contribution >= 4 is 33.8 Å². The minimum absolute atomic E-state index is 0.418. The number of quaternary nitrogens is 1. The van der Waals surface area contributed by atoms with Gasteiger partial charge in [0.05, 0.1) is 16.8 Å². The Hall–Kier alpha value is -2.35. The summed E-state index contributed by atoms with van der Waals surface area (Å²) in [7, 11) is 2.00. The van der Waals surface area contributed by atoms with Crippen LogP contribution in [0.5, 0.6) is 0 Å². The minimum Gasteiger partial charge on any atom is -0.308 e. The highest BCUT2D eigenvalue weighted by molar-refractivity contribution is 7.71. The lowest BCUT2D eigenvalue weighted by atomic mass is 10.2. The third kappa shape index (κ3) is 3.09. The standard InChI is InChI=1S/C21H21N5S2/c1-24-19(15-8-3-2-4-9-15)23-26(21(24)27)14-25-13-7-11-17(25)20-22-16-10-5-6-12-18(16)28-20/h2-6,8-10,12,17H,7,11,13-14H2,1H3/p+1/t17-/m0/s1. The smallest absolute Gasteiger partial charge is 0.202 e. The van der Waals surface area contributed by atoms with Crippen LogP contribution in [0.2, 0.25) is 0 Å². The highest BCUT2D eigenvalue weighted by Gasteiger charge is 2.33. The maximum absolute atomic E-state index is 5.69. The molecule has 0 radical (unpaired) electrons. The molecule has 1 N–H and O–H groups in total. The lowest BCUT2D eigenvalue weighted by Crippen LogP contribution is -3.09. The molecule has 0 amide bonds. The first-order chi connectivity index (χ1) is 13.7.